The number of carbonyl (C=O) groups excluding carboxylic acids is 1. The Morgan fingerprint density at radius 3 is 2.50 bits per heavy atom. The first-order chi connectivity index (χ1) is 11.7. The quantitative estimate of drug-likeness (QED) is 0.787. The topological polar surface area (TPSA) is 41.4 Å². The zero-order valence-electron chi connectivity index (χ0n) is 14.0. The van der Waals surface area contributed by atoms with Crippen molar-refractivity contribution in [3.63, 3.8) is 0 Å². The molecule has 2 aromatic rings. The highest BCUT2D eigenvalue weighted by atomic mass is 79.9. The number of halogens is 1. The van der Waals surface area contributed by atoms with Gasteiger partial charge in [0.05, 0.1) is 0 Å². The van der Waals surface area contributed by atoms with Crippen molar-refractivity contribution >= 4 is 21.8 Å². The second-order valence-electron chi connectivity index (χ2n) is 6.03. The van der Waals surface area contributed by atoms with Gasteiger partial charge in [-0.3, -0.25) is 9.69 Å². The minimum absolute atomic E-state index is 0.130. The zero-order chi connectivity index (χ0) is 16.9. The molecule has 0 aliphatic carbocycles. The van der Waals surface area contributed by atoms with Crippen LogP contribution in [0.2, 0.25) is 0 Å². The lowest BCUT2D eigenvalue weighted by molar-refractivity contribution is 0.0633. The first-order valence-electron chi connectivity index (χ1n) is 8.44. The maximum Gasteiger partial charge on any atom is 0.253 e. The number of rotatable bonds is 5. The molecule has 0 N–H and O–H groups in total. The van der Waals surface area contributed by atoms with Crippen LogP contribution in [0.5, 0.6) is 0 Å². The molecule has 1 saturated heterocycles. The molecule has 1 aliphatic rings. The summed E-state index contributed by atoms with van der Waals surface area (Å²) in [6, 6.07) is 7.59. The molecule has 1 aromatic heterocycles. The van der Waals surface area contributed by atoms with Gasteiger partial charge in [0.25, 0.3) is 5.91 Å². The summed E-state index contributed by atoms with van der Waals surface area (Å²) in [5.41, 5.74) is 0.762. The summed E-state index contributed by atoms with van der Waals surface area (Å²) in [4.78, 5) is 21.3. The summed E-state index contributed by atoms with van der Waals surface area (Å²) in [6.07, 6.45) is 4.88. The molecule has 6 heteroatoms. The highest BCUT2D eigenvalue weighted by Gasteiger charge is 2.21. The van der Waals surface area contributed by atoms with Crippen LogP contribution in [0, 0.1) is 0 Å². The molecule has 2 heterocycles. The summed E-state index contributed by atoms with van der Waals surface area (Å²) in [5, 5.41) is 0. The van der Waals surface area contributed by atoms with Gasteiger partial charge in [0.15, 0.2) is 0 Å². The first-order valence-corrected chi connectivity index (χ1v) is 9.24. The van der Waals surface area contributed by atoms with Gasteiger partial charge in [-0.1, -0.05) is 22.9 Å². The second-order valence-corrected chi connectivity index (χ2v) is 6.95. The molecule has 1 amide bonds. The number of aryl methyl sites for hydroxylation is 1. The average molecular weight is 391 g/mol. The molecule has 1 aliphatic heterocycles. The molecule has 3 rings (SSSR count). The van der Waals surface area contributed by atoms with Crippen LogP contribution >= 0.6 is 15.9 Å². The van der Waals surface area contributed by atoms with Crippen molar-refractivity contribution in [1.82, 2.24) is 19.4 Å². The van der Waals surface area contributed by atoms with Crippen molar-refractivity contribution in [2.45, 2.75) is 19.9 Å². The van der Waals surface area contributed by atoms with E-state index in [2.05, 4.69) is 37.3 Å². The van der Waals surface area contributed by atoms with Crippen molar-refractivity contribution in [1.29, 1.82) is 0 Å². The minimum Gasteiger partial charge on any atom is -0.336 e. The number of benzene rings is 1. The number of amides is 1. The monoisotopic (exact) mass is 390 g/mol. The maximum atomic E-state index is 12.5. The zero-order valence-corrected chi connectivity index (χ0v) is 15.6. The van der Waals surface area contributed by atoms with Crippen LogP contribution in [-0.2, 0) is 13.0 Å². The van der Waals surface area contributed by atoms with Crippen LogP contribution in [0.3, 0.4) is 0 Å². The highest BCUT2D eigenvalue weighted by molar-refractivity contribution is 9.10. The van der Waals surface area contributed by atoms with Crippen molar-refractivity contribution < 1.29 is 4.79 Å². The number of carbonyl (C=O) groups is 1. The van der Waals surface area contributed by atoms with Gasteiger partial charge in [0.1, 0.15) is 5.82 Å². The van der Waals surface area contributed by atoms with Crippen LogP contribution in [0.4, 0.5) is 0 Å². The molecule has 1 fully saturated rings. The smallest absolute Gasteiger partial charge is 0.253 e. The Morgan fingerprint density at radius 2 is 1.83 bits per heavy atom. The summed E-state index contributed by atoms with van der Waals surface area (Å²) >= 11 is 3.40. The largest absolute Gasteiger partial charge is 0.336 e. The molecule has 24 heavy (non-hydrogen) atoms. The third-order valence-corrected chi connectivity index (χ3v) is 5.05. The van der Waals surface area contributed by atoms with Gasteiger partial charge < -0.3 is 9.47 Å². The Kier molecular flexibility index (Phi) is 5.68. The fraction of sp³-hybridized carbons (Fsp3) is 0.444. The van der Waals surface area contributed by atoms with E-state index < -0.39 is 0 Å². The predicted molar refractivity (Wildman–Crippen MR) is 98.1 cm³/mol. The standard InChI is InChI=1S/C18H23BrN4O/c1-2-17-20-7-8-22(17)12-9-21-10-13-23(14-11-21)18(24)15-3-5-16(19)6-4-15/h3-8H,2,9-14H2,1H3. The van der Waals surface area contributed by atoms with Crippen LogP contribution in [0.15, 0.2) is 41.1 Å². The van der Waals surface area contributed by atoms with Crippen LogP contribution in [0.1, 0.15) is 23.1 Å². The van der Waals surface area contributed by atoms with Gasteiger partial charge in [-0.25, -0.2) is 4.98 Å². The number of aromatic nitrogens is 2. The maximum absolute atomic E-state index is 12.5. The third-order valence-electron chi connectivity index (χ3n) is 4.53. The Balaban J connectivity index is 1.48. The van der Waals surface area contributed by atoms with Gasteiger partial charge in [0.2, 0.25) is 0 Å². The highest BCUT2D eigenvalue weighted by Crippen LogP contribution is 2.13. The molecule has 0 saturated carbocycles. The van der Waals surface area contributed by atoms with Crippen LogP contribution in [-0.4, -0.2) is 58.0 Å². The third kappa shape index (κ3) is 4.05. The fourth-order valence-corrected chi connectivity index (χ4v) is 3.32. The Morgan fingerprint density at radius 1 is 1.12 bits per heavy atom. The second kappa shape index (κ2) is 7.94. The Hall–Kier alpha value is -1.66. The van der Waals surface area contributed by atoms with E-state index >= 15 is 0 Å². The molecule has 0 atom stereocenters. The molecule has 0 unspecified atom stereocenters. The predicted octanol–water partition coefficient (Wildman–Crippen LogP) is 2.67. The minimum atomic E-state index is 0.130. The number of imidazole rings is 1. The molecular weight excluding hydrogens is 368 g/mol. The van der Waals surface area contributed by atoms with Crippen LogP contribution < -0.4 is 0 Å². The molecule has 0 bridgehead atoms. The van der Waals surface area contributed by atoms with Crippen molar-refractivity contribution in [3.8, 4) is 0 Å². The van der Waals surface area contributed by atoms with E-state index in [9.17, 15) is 4.79 Å². The van der Waals surface area contributed by atoms with E-state index in [0.717, 1.165) is 61.5 Å². The lowest BCUT2D eigenvalue weighted by Gasteiger charge is -2.34. The van der Waals surface area contributed by atoms with Crippen molar-refractivity contribution in [3.05, 3.63) is 52.5 Å². The molecular formula is C18H23BrN4O. The van der Waals surface area contributed by atoms with Crippen molar-refractivity contribution in [2.75, 3.05) is 32.7 Å². The summed E-state index contributed by atoms with van der Waals surface area (Å²) in [7, 11) is 0. The molecule has 0 radical (unpaired) electrons. The normalized spacial score (nSPS) is 15.7. The van der Waals surface area contributed by atoms with E-state index in [1.54, 1.807) is 0 Å². The van der Waals surface area contributed by atoms with E-state index in [0.29, 0.717) is 0 Å². The number of nitrogens with zero attached hydrogens (tertiary/aromatic N) is 4. The van der Waals surface area contributed by atoms with Gasteiger partial charge in [-0.15, -0.1) is 0 Å². The average Bonchev–Trinajstić information content (AvgIpc) is 3.08. The van der Waals surface area contributed by atoms with Crippen molar-refractivity contribution in [2.24, 2.45) is 0 Å². The lowest BCUT2D eigenvalue weighted by Crippen LogP contribution is -2.49. The van der Waals surface area contributed by atoms with E-state index in [-0.39, 0.29) is 5.91 Å². The molecule has 1 aromatic carbocycles. The Bertz CT molecular complexity index is 675. The van der Waals surface area contributed by atoms with E-state index in [1.807, 2.05) is 41.6 Å². The van der Waals surface area contributed by atoms with Gasteiger partial charge in [-0.05, 0) is 24.3 Å². The summed E-state index contributed by atoms with van der Waals surface area (Å²) < 4.78 is 3.22. The number of piperazine rings is 1. The lowest BCUT2D eigenvalue weighted by atomic mass is 10.2. The van der Waals surface area contributed by atoms with Gasteiger partial charge in [-0.2, -0.15) is 0 Å². The first kappa shape index (κ1) is 17.2. The molecule has 0 spiro atoms. The Labute approximate surface area is 151 Å². The van der Waals surface area contributed by atoms with Gasteiger partial charge in [0, 0.05) is 68.1 Å². The summed E-state index contributed by atoms with van der Waals surface area (Å²) in [6.45, 7) is 7.54. The molecule has 128 valence electrons. The number of hydrogen-bond acceptors (Lipinski definition) is 3. The molecule has 5 nitrogen and oxygen atoms in total. The SMILES string of the molecule is CCc1nccn1CCN1CCN(C(=O)c2ccc(Br)cc2)CC1. The van der Waals surface area contributed by atoms with Crippen LogP contribution in [0.25, 0.3) is 0 Å². The van der Waals surface area contributed by atoms with Gasteiger partial charge >= 0.3 is 0 Å². The summed E-state index contributed by atoms with van der Waals surface area (Å²) in [5.74, 6) is 1.27. The van der Waals surface area contributed by atoms with E-state index in [1.165, 1.54) is 0 Å². The number of hydrogen-bond donors (Lipinski definition) is 0. The fourth-order valence-electron chi connectivity index (χ4n) is 3.06. The van der Waals surface area contributed by atoms with E-state index in [4.69, 9.17) is 0 Å².